The van der Waals surface area contributed by atoms with Crippen LogP contribution in [-0.2, 0) is 0 Å². The van der Waals surface area contributed by atoms with Crippen molar-refractivity contribution in [3.63, 3.8) is 0 Å². The molecule has 0 fully saturated rings. The van der Waals surface area contributed by atoms with Gasteiger partial charge in [0.25, 0.3) is 0 Å². The molecular weight excluding hydrogens is 176 g/mol. The molecule has 55 valence electrons. The summed E-state index contributed by atoms with van der Waals surface area (Å²) in [6, 6.07) is 0. The number of rotatable bonds is 3. The van der Waals surface area contributed by atoms with E-state index in [9.17, 15) is 0 Å². The fourth-order valence-electron chi connectivity index (χ4n) is 0.626. The van der Waals surface area contributed by atoms with Crippen molar-refractivity contribution in [2.24, 2.45) is 5.92 Å². The summed E-state index contributed by atoms with van der Waals surface area (Å²) in [7, 11) is 0. The van der Waals surface area contributed by atoms with Gasteiger partial charge in [-0.1, -0.05) is 43.6 Å². The van der Waals surface area contributed by atoms with E-state index in [2.05, 4.69) is 43.6 Å². The van der Waals surface area contributed by atoms with Gasteiger partial charge in [-0.05, 0) is 18.3 Å². The zero-order chi connectivity index (χ0) is 7.44. The Hall–Kier alpha value is 0.480. The summed E-state index contributed by atoms with van der Waals surface area (Å²) < 4.78 is 0. The highest BCUT2D eigenvalue weighted by Gasteiger charge is 2.10. The van der Waals surface area contributed by atoms with Gasteiger partial charge in [-0.15, -0.1) is 0 Å². The average Bonchev–Trinajstić information content (AvgIpc) is 1.63. The molecule has 0 aromatic rings. The van der Waals surface area contributed by atoms with Gasteiger partial charge in [0.1, 0.15) is 0 Å². The third-order valence-electron chi connectivity index (χ3n) is 1.33. The van der Waals surface area contributed by atoms with Crippen LogP contribution >= 0.6 is 15.9 Å². The fraction of sp³-hybridized carbons (Fsp3) is 0.875. The van der Waals surface area contributed by atoms with Crippen molar-refractivity contribution >= 4 is 15.9 Å². The predicted octanol–water partition coefficient (Wildman–Crippen LogP) is 3.41. The molecule has 0 aromatic heterocycles. The molecule has 1 unspecified atom stereocenters. The third-order valence-corrected chi connectivity index (χ3v) is 2.71. The molecule has 0 saturated carbocycles. The second-order valence-corrected chi connectivity index (χ2v) is 4.35. The maximum atomic E-state index is 3.62. The fourth-order valence-corrected chi connectivity index (χ4v) is 1.27. The first-order valence-electron chi connectivity index (χ1n) is 3.47. The number of halogens is 1. The van der Waals surface area contributed by atoms with E-state index in [0.717, 1.165) is 5.92 Å². The van der Waals surface area contributed by atoms with Crippen LogP contribution in [0, 0.1) is 11.8 Å². The monoisotopic (exact) mass is 191 g/mol. The van der Waals surface area contributed by atoms with E-state index in [1.165, 1.54) is 12.3 Å². The summed E-state index contributed by atoms with van der Waals surface area (Å²) in [5.74, 6) is 2.26. The van der Waals surface area contributed by atoms with Gasteiger partial charge in [-0.3, -0.25) is 0 Å². The minimum Gasteiger partial charge on any atom is -0.0888 e. The first-order chi connectivity index (χ1) is 4.04. The van der Waals surface area contributed by atoms with Gasteiger partial charge < -0.3 is 0 Å². The Morgan fingerprint density at radius 1 is 1.33 bits per heavy atom. The van der Waals surface area contributed by atoms with Crippen LogP contribution in [0.15, 0.2) is 0 Å². The van der Waals surface area contributed by atoms with Gasteiger partial charge in [0.15, 0.2) is 0 Å². The van der Waals surface area contributed by atoms with Gasteiger partial charge in [0, 0.05) is 4.83 Å². The normalized spacial score (nSPS) is 15.0. The van der Waals surface area contributed by atoms with Crippen molar-refractivity contribution in [2.45, 2.75) is 38.9 Å². The van der Waals surface area contributed by atoms with Crippen molar-refractivity contribution < 1.29 is 0 Å². The van der Waals surface area contributed by atoms with Crippen molar-refractivity contribution in [3.05, 3.63) is 5.92 Å². The molecule has 9 heavy (non-hydrogen) atoms. The van der Waals surface area contributed by atoms with E-state index >= 15 is 0 Å². The van der Waals surface area contributed by atoms with Crippen LogP contribution in [0.25, 0.3) is 0 Å². The lowest BCUT2D eigenvalue weighted by Gasteiger charge is -2.14. The molecule has 0 aliphatic carbocycles. The smallest absolute Gasteiger partial charge is 0.0174 e. The highest BCUT2D eigenvalue weighted by atomic mass is 79.9. The zero-order valence-corrected chi connectivity index (χ0v) is 8.33. The lowest BCUT2D eigenvalue weighted by atomic mass is 10.0. The molecule has 1 atom stereocenters. The van der Waals surface area contributed by atoms with Crippen molar-refractivity contribution in [2.75, 3.05) is 0 Å². The highest BCUT2D eigenvalue weighted by molar-refractivity contribution is 9.09. The molecule has 1 heteroatoms. The Morgan fingerprint density at radius 2 is 1.78 bits per heavy atom. The second-order valence-electron chi connectivity index (χ2n) is 3.17. The number of alkyl halides is 1. The second kappa shape index (κ2) is 4.32. The molecule has 0 bridgehead atoms. The van der Waals surface area contributed by atoms with Crippen LogP contribution in [0.4, 0.5) is 0 Å². The van der Waals surface area contributed by atoms with E-state index in [4.69, 9.17) is 0 Å². The Labute approximate surface area is 67.2 Å². The number of hydrogen-bond donors (Lipinski definition) is 0. The van der Waals surface area contributed by atoms with Crippen LogP contribution in [-0.4, -0.2) is 4.83 Å². The molecule has 0 aromatic carbocycles. The Balaban J connectivity index is 3.38. The topological polar surface area (TPSA) is 0 Å². The van der Waals surface area contributed by atoms with Crippen LogP contribution in [0.2, 0.25) is 0 Å². The van der Waals surface area contributed by atoms with E-state index in [-0.39, 0.29) is 0 Å². The molecule has 0 nitrogen and oxygen atoms in total. The minimum absolute atomic E-state index is 0.669. The average molecular weight is 192 g/mol. The summed E-state index contributed by atoms with van der Waals surface area (Å²) in [6.45, 7) is 8.83. The van der Waals surface area contributed by atoms with E-state index in [1.54, 1.807) is 0 Å². The molecule has 0 rings (SSSR count). The molecule has 0 N–H and O–H groups in total. The molecule has 0 amide bonds. The van der Waals surface area contributed by atoms with E-state index in [1.807, 2.05) is 0 Å². The third kappa shape index (κ3) is 4.95. The summed E-state index contributed by atoms with van der Waals surface area (Å²) in [5, 5.41) is 0. The number of hydrogen-bond acceptors (Lipinski definition) is 0. The first-order valence-corrected chi connectivity index (χ1v) is 4.38. The van der Waals surface area contributed by atoms with E-state index in [0.29, 0.717) is 4.83 Å². The van der Waals surface area contributed by atoms with Crippen LogP contribution in [0.5, 0.6) is 0 Å². The van der Waals surface area contributed by atoms with Crippen molar-refractivity contribution in [1.29, 1.82) is 0 Å². The molecule has 0 aliphatic rings. The van der Waals surface area contributed by atoms with Gasteiger partial charge in [-0.2, -0.15) is 0 Å². The Kier molecular flexibility index (Phi) is 4.55. The predicted molar refractivity (Wildman–Crippen MR) is 46.8 cm³/mol. The Bertz CT molecular complexity index is 67.0. The lowest BCUT2D eigenvalue weighted by molar-refractivity contribution is 0.589. The van der Waals surface area contributed by atoms with Gasteiger partial charge >= 0.3 is 0 Å². The van der Waals surface area contributed by atoms with Gasteiger partial charge in [0.05, 0.1) is 0 Å². The van der Waals surface area contributed by atoms with Gasteiger partial charge in [-0.25, -0.2) is 0 Å². The minimum atomic E-state index is 0.669. The first kappa shape index (κ1) is 9.48. The Morgan fingerprint density at radius 3 is 1.89 bits per heavy atom. The summed E-state index contributed by atoms with van der Waals surface area (Å²) in [5.41, 5.74) is 0. The van der Waals surface area contributed by atoms with Crippen molar-refractivity contribution in [3.8, 4) is 0 Å². The highest BCUT2D eigenvalue weighted by Crippen LogP contribution is 2.20. The standard InChI is InChI=1S/C8H16Br/c1-6(2)5-8(9)7(3)4/h7-8H,5H2,1-4H3. The van der Waals surface area contributed by atoms with E-state index < -0.39 is 0 Å². The van der Waals surface area contributed by atoms with Crippen LogP contribution in [0.3, 0.4) is 0 Å². The van der Waals surface area contributed by atoms with Crippen molar-refractivity contribution in [1.82, 2.24) is 0 Å². The summed E-state index contributed by atoms with van der Waals surface area (Å²) in [4.78, 5) is 0.669. The summed E-state index contributed by atoms with van der Waals surface area (Å²) in [6.07, 6.45) is 1.21. The SMILES string of the molecule is C[C](C)CC(Br)C(C)C. The molecule has 0 spiro atoms. The van der Waals surface area contributed by atoms with Crippen LogP contribution in [0.1, 0.15) is 34.1 Å². The van der Waals surface area contributed by atoms with Gasteiger partial charge in [0.2, 0.25) is 0 Å². The molecular formula is C8H16Br. The maximum Gasteiger partial charge on any atom is 0.0174 e. The lowest BCUT2D eigenvalue weighted by Crippen LogP contribution is -2.08. The molecule has 0 aliphatic heterocycles. The quantitative estimate of drug-likeness (QED) is 0.601. The molecule has 1 radical (unpaired) electrons. The maximum absolute atomic E-state index is 3.62. The largest absolute Gasteiger partial charge is 0.0888 e. The van der Waals surface area contributed by atoms with Crippen LogP contribution < -0.4 is 0 Å². The molecule has 0 heterocycles. The zero-order valence-electron chi connectivity index (χ0n) is 6.74. The molecule has 0 saturated heterocycles. The summed E-state index contributed by atoms with van der Waals surface area (Å²) >= 11 is 3.62.